The van der Waals surface area contributed by atoms with E-state index >= 15 is 0 Å². The van der Waals surface area contributed by atoms with Gasteiger partial charge in [-0.25, -0.2) is 0 Å². The third kappa shape index (κ3) is 1.71. The normalized spacial score (nSPS) is 12.3. The van der Waals surface area contributed by atoms with E-state index < -0.39 is 0 Å². The molecule has 0 radical (unpaired) electrons. The van der Waals surface area contributed by atoms with E-state index in [0.717, 1.165) is 18.5 Å². The predicted molar refractivity (Wildman–Crippen MR) is 77.7 cm³/mol. The first kappa shape index (κ1) is 11.3. The van der Waals surface area contributed by atoms with Gasteiger partial charge in [-0.05, 0) is 53.1 Å². The minimum atomic E-state index is 0.968. The van der Waals surface area contributed by atoms with Crippen LogP contribution in [-0.2, 0) is 12.8 Å². The standard InChI is InChI=1S/C17H19N/c1-2-3-7-15-16-11-12-6-4-5-8-13(12)14(16)9-10-17(15)18/h4-6,8-10H,2-3,7,11,18H2,1H3. The summed E-state index contributed by atoms with van der Waals surface area (Å²) < 4.78 is 0. The highest BCUT2D eigenvalue weighted by Gasteiger charge is 2.21. The van der Waals surface area contributed by atoms with Gasteiger partial charge in [0.2, 0.25) is 0 Å². The lowest BCUT2D eigenvalue weighted by atomic mass is 9.96. The molecule has 18 heavy (non-hydrogen) atoms. The van der Waals surface area contributed by atoms with Crippen LogP contribution in [0.4, 0.5) is 5.69 Å². The number of hydrogen-bond donors (Lipinski definition) is 1. The van der Waals surface area contributed by atoms with Gasteiger partial charge in [0.15, 0.2) is 0 Å². The Bertz CT molecular complexity index is 584. The average molecular weight is 237 g/mol. The average Bonchev–Trinajstić information content (AvgIpc) is 2.76. The van der Waals surface area contributed by atoms with Gasteiger partial charge in [0.1, 0.15) is 0 Å². The number of nitrogens with two attached hydrogens (primary N) is 1. The predicted octanol–water partition coefficient (Wildman–Crippen LogP) is 4.18. The van der Waals surface area contributed by atoms with E-state index in [4.69, 9.17) is 5.73 Å². The minimum absolute atomic E-state index is 0.968. The van der Waals surface area contributed by atoms with Crippen LogP contribution in [0.1, 0.15) is 36.5 Å². The van der Waals surface area contributed by atoms with Crippen molar-refractivity contribution in [1.82, 2.24) is 0 Å². The maximum atomic E-state index is 6.17. The quantitative estimate of drug-likeness (QED) is 0.679. The molecule has 0 bridgehead atoms. The molecule has 2 aromatic carbocycles. The molecule has 0 heterocycles. The molecule has 0 aromatic heterocycles. The molecule has 0 spiro atoms. The second-order valence-electron chi connectivity index (χ2n) is 5.10. The number of hydrogen-bond acceptors (Lipinski definition) is 1. The van der Waals surface area contributed by atoms with E-state index in [9.17, 15) is 0 Å². The Balaban J connectivity index is 2.10. The molecule has 0 aliphatic heterocycles. The summed E-state index contributed by atoms with van der Waals surface area (Å²) in [6.07, 6.45) is 4.60. The lowest BCUT2D eigenvalue weighted by molar-refractivity contribution is 0.791. The summed E-state index contributed by atoms with van der Waals surface area (Å²) in [4.78, 5) is 0. The van der Waals surface area contributed by atoms with Gasteiger partial charge in [-0.15, -0.1) is 0 Å². The SMILES string of the molecule is CCCCc1c(N)ccc2c1Cc1ccccc1-2. The summed E-state index contributed by atoms with van der Waals surface area (Å²) in [5, 5.41) is 0. The fourth-order valence-corrected chi connectivity index (χ4v) is 2.94. The molecule has 1 aliphatic carbocycles. The van der Waals surface area contributed by atoms with Crippen LogP contribution >= 0.6 is 0 Å². The van der Waals surface area contributed by atoms with Crippen LogP contribution in [0.25, 0.3) is 11.1 Å². The fraction of sp³-hybridized carbons (Fsp3) is 0.294. The molecule has 0 unspecified atom stereocenters. The van der Waals surface area contributed by atoms with E-state index in [1.165, 1.54) is 40.7 Å². The van der Waals surface area contributed by atoms with Gasteiger partial charge < -0.3 is 5.73 Å². The Hall–Kier alpha value is -1.76. The zero-order valence-corrected chi connectivity index (χ0v) is 10.9. The van der Waals surface area contributed by atoms with Crippen molar-refractivity contribution in [2.24, 2.45) is 0 Å². The van der Waals surface area contributed by atoms with Crippen molar-refractivity contribution in [2.45, 2.75) is 32.6 Å². The van der Waals surface area contributed by atoms with Crippen LogP contribution in [0.5, 0.6) is 0 Å². The third-order valence-corrected chi connectivity index (χ3v) is 3.92. The van der Waals surface area contributed by atoms with E-state index in [0.29, 0.717) is 0 Å². The molecule has 1 nitrogen and oxygen atoms in total. The van der Waals surface area contributed by atoms with E-state index in [1.54, 1.807) is 0 Å². The Morgan fingerprint density at radius 1 is 1.06 bits per heavy atom. The Labute approximate surface area is 109 Å². The van der Waals surface area contributed by atoms with Gasteiger partial charge in [-0.2, -0.15) is 0 Å². The van der Waals surface area contributed by atoms with Gasteiger partial charge in [0.05, 0.1) is 0 Å². The molecule has 2 N–H and O–H groups in total. The molecule has 3 rings (SSSR count). The third-order valence-electron chi connectivity index (χ3n) is 3.92. The maximum Gasteiger partial charge on any atom is 0.0349 e. The fourth-order valence-electron chi connectivity index (χ4n) is 2.94. The summed E-state index contributed by atoms with van der Waals surface area (Å²) in [6.45, 7) is 2.23. The molecule has 0 fully saturated rings. The first-order valence-electron chi connectivity index (χ1n) is 6.79. The summed E-state index contributed by atoms with van der Waals surface area (Å²) >= 11 is 0. The Kier molecular flexibility index (Phi) is 2.83. The zero-order valence-electron chi connectivity index (χ0n) is 10.9. The zero-order chi connectivity index (χ0) is 12.5. The Morgan fingerprint density at radius 2 is 1.89 bits per heavy atom. The molecule has 0 saturated carbocycles. The maximum absolute atomic E-state index is 6.17. The molecule has 0 saturated heterocycles. The highest BCUT2D eigenvalue weighted by atomic mass is 14.6. The highest BCUT2D eigenvalue weighted by Crippen LogP contribution is 2.40. The largest absolute Gasteiger partial charge is 0.398 e. The molecule has 1 aliphatic rings. The molecule has 0 atom stereocenters. The second-order valence-corrected chi connectivity index (χ2v) is 5.10. The van der Waals surface area contributed by atoms with Gasteiger partial charge in [0, 0.05) is 5.69 Å². The van der Waals surface area contributed by atoms with Crippen LogP contribution in [0.15, 0.2) is 36.4 Å². The first-order chi connectivity index (χ1) is 8.81. The van der Waals surface area contributed by atoms with Gasteiger partial charge >= 0.3 is 0 Å². The smallest absolute Gasteiger partial charge is 0.0349 e. The van der Waals surface area contributed by atoms with Crippen molar-refractivity contribution in [2.75, 3.05) is 5.73 Å². The topological polar surface area (TPSA) is 26.0 Å². The highest BCUT2D eigenvalue weighted by molar-refractivity contribution is 5.80. The number of fused-ring (bicyclic) bond motifs is 3. The number of anilines is 1. The molecular formula is C17H19N. The lowest BCUT2D eigenvalue weighted by Crippen LogP contribution is -1.99. The summed E-state index contributed by atoms with van der Waals surface area (Å²) in [6, 6.07) is 13.0. The summed E-state index contributed by atoms with van der Waals surface area (Å²) in [7, 11) is 0. The molecule has 0 amide bonds. The number of rotatable bonds is 3. The van der Waals surface area contributed by atoms with Crippen LogP contribution in [0.3, 0.4) is 0 Å². The van der Waals surface area contributed by atoms with E-state index in [1.807, 2.05) is 0 Å². The number of unbranched alkanes of at least 4 members (excludes halogenated alkanes) is 1. The molecule has 1 heteroatoms. The molecule has 92 valence electrons. The van der Waals surface area contributed by atoms with Crippen molar-refractivity contribution in [3.8, 4) is 11.1 Å². The first-order valence-corrected chi connectivity index (χ1v) is 6.79. The van der Waals surface area contributed by atoms with Crippen molar-refractivity contribution in [3.05, 3.63) is 53.1 Å². The van der Waals surface area contributed by atoms with Crippen molar-refractivity contribution < 1.29 is 0 Å². The van der Waals surface area contributed by atoms with Crippen LogP contribution in [0, 0.1) is 0 Å². The monoisotopic (exact) mass is 237 g/mol. The van der Waals surface area contributed by atoms with Gasteiger partial charge in [-0.3, -0.25) is 0 Å². The van der Waals surface area contributed by atoms with Gasteiger partial charge in [0.25, 0.3) is 0 Å². The van der Waals surface area contributed by atoms with Crippen LogP contribution in [0.2, 0.25) is 0 Å². The number of benzene rings is 2. The lowest BCUT2D eigenvalue weighted by Gasteiger charge is -2.11. The van der Waals surface area contributed by atoms with Gasteiger partial charge in [-0.1, -0.05) is 43.7 Å². The molecular weight excluding hydrogens is 218 g/mol. The summed E-state index contributed by atoms with van der Waals surface area (Å²) in [5.41, 5.74) is 14.2. The minimum Gasteiger partial charge on any atom is -0.398 e. The summed E-state index contributed by atoms with van der Waals surface area (Å²) in [5.74, 6) is 0. The molecule has 2 aromatic rings. The van der Waals surface area contributed by atoms with Crippen LogP contribution < -0.4 is 5.73 Å². The van der Waals surface area contributed by atoms with Crippen LogP contribution in [-0.4, -0.2) is 0 Å². The van der Waals surface area contributed by atoms with Crippen molar-refractivity contribution in [3.63, 3.8) is 0 Å². The second kappa shape index (κ2) is 4.49. The number of nitrogen functional groups attached to an aromatic ring is 1. The van der Waals surface area contributed by atoms with Crippen molar-refractivity contribution in [1.29, 1.82) is 0 Å². The van der Waals surface area contributed by atoms with E-state index in [-0.39, 0.29) is 0 Å². The van der Waals surface area contributed by atoms with E-state index in [2.05, 4.69) is 43.3 Å². The Morgan fingerprint density at radius 3 is 2.72 bits per heavy atom. The van der Waals surface area contributed by atoms with Crippen molar-refractivity contribution >= 4 is 5.69 Å².